The Bertz CT molecular complexity index is 662. The van der Waals surface area contributed by atoms with Crippen LogP contribution in [0.25, 0.3) is 0 Å². The molecule has 0 aliphatic carbocycles. The zero-order chi connectivity index (χ0) is 17.1. The van der Waals surface area contributed by atoms with Crippen LogP contribution in [0.5, 0.6) is 0 Å². The molecule has 0 aromatic heterocycles. The van der Waals surface area contributed by atoms with Crippen LogP contribution < -0.4 is 10.6 Å². The third-order valence-corrected chi connectivity index (χ3v) is 3.81. The molecule has 0 saturated carbocycles. The van der Waals surface area contributed by atoms with Crippen LogP contribution in [0.4, 0.5) is 14.4 Å². The number of nitrogens with zero attached hydrogens (tertiary/aromatic N) is 2. The number of ether oxygens (including phenoxy) is 1. The van der Waals surface area contributed by atoms with E-state index in [1.165, 1.54) is 0 Å². The highest BCUT2D eigenvalue weighted by molar-refractivity contribution is 5.98. The summed E-state index contributed by atoms with van der Waals surface area (Å²) in [6.45, 7) is 0.280. The van der Waals surface area contributed by atoms with Gasteiger partial charge < -0.3 is 15.4 Å². The molecule has 126 valence electrons. The highest BCUT2D eigenvalue weighted by Gasteiger charge is 2.35. The van der Waals surface area contributed by atoms with Crippen molar-refractivity contribution in [3.05, 3.63) is 35.9 Å². The summed E-state index contributed by atoms with van der Waals surface area (Å²) in [7, 11) is 0. The number of imide groups is 2. The summed E-state index contributed by atoms with van der Waals surface area (Å²) in [6, 6.07) is 7.19. The zero-order valence-corrected chi connectivity index (χ0v) is 12.7. The van der Waals surface area contributed by atoms with E-state index >= 15 is 0 Å². The van der Waals surface area contributed by atoms with Crippen molar-refractivity contribution in [1.29, 1.82) is 0 Å². The minimum Gasteiger partial charge on any atom is -0.439 e. The van der Waals surface area contributed by atoms with Crippen LogP contribution in [0, 0.1) is 0 Å². The van der Waals surface area contributed by atoms with Crippen LogP contribution >= 0.6 is 0 Å². The van der Waals surface area contributed by atoms with Crippen molar-refractivity contribution >= 4 is 24.1 Å². The van der Waals surface area contributed by atoms with E-state index in [0.29, 0.717) is 12.1 Å². The van der Waals surface area contributed by atoms with Gasteiger partial charge in [-0.15, -0.1) is 0 Å². The fraction of sp³-hybridized carbons (Fsp3) is 0.333. The Hall–Kier alpha value is -3.10. The summed E-state index contributed by atoms with van der Waals surface area (Å²) < 4.78 is 4.69. The second-order valence-electron chi connectivity index (χ2n) is 5.36. The van der Waals surface area contributed by atoms with Crippen molar-refractivity contribution < 1.29 is 23.9 Å². The molecule has 0 spiro atoms. The van der Waals surface area contributed by atoms with E-state index in [0.717, 1.165) is 9.80 Å². The third kappa shape index (κ3) is 3.14. The second-order valence-corrected chi connectivity index (χ2v) is 5.36. The number of rotatable bonds is 4. The van der Waals surface area contributed by atoms with Gasteiger partial charge in [0.05, 0.1) is 12.6 Å². The topological polar surface area (TPSA) is 108 Å². The molecular weight excluding hydrogens is 316 g/mol. The molecule has 9 nitrogen and oxygen atoms in total. The Morgan fingerprint density at radius 1 is 1.25 bits per heavy atom. The Balaban J connectivity index is 1.77. The van der Waals surface area contributed by atoms with Crippen LogP contribution in [0.3, 0.4) is 0 Å². The maximum absolute atomic E-state index is 12.3. The molecule has 1 unspecified atom stereocenters. The molecule has 9 heteroatoms. The average molecular weight is 332 g/mol. The number of benzene rings is 1. The van der Waals surface area contributed by atoms with E-state index in [-0.39, 0.29) is 19.7 Å². The summed E-state index contributed by atoms with van der Waals surface area (Å²) in [5, 5.41) is 5.24. The van der Waals surface area contributed by atoms with Crippen molar-refractivity contribution in [2.24, 2.45) is 0 Å². The lowest BCUT2D eigenvalue weighted by Crippen LogP contribution is -2.46. The summed E-state index contributed by atoms with van der Waals surface area (Å²) in [5.74, 6) is -0.464. The van der Waals surface area contributed by atoms with Gasteiger partial charge in [-0.05, 0) is 5.56 Å². The summed E-state index contributed by atoms with van der Waals surface area (Å²) in [5.41, 5.74) is 0.706. The molecule has 2 aliphatic rings. The predicted molar refractivity (Wildman–Crippen MR) is 80.9 cm³/mol. The molecule has 0 radical (unpaired) electrons. The van der Waals surface area contributed by atoms with E-state index in [9.17, 15) is 19.2 Å². The Labute approximate surface area is 137 Å². The molecule has 2 fully saturated rings. The summed E-state index contributed by atoms with van der Waals surface area (Å²) >= 11 is 0. The minimum absolute atomic E-state index is 0.0666. The lowest BCUT2D eigenvalue weighted by Gasteiger charge is -2.24. The Kier molecular flexibility index (Phi) is 4.32. The largest absolute Gasteiger partial charge is 0.439 e. The molecule has 1 atom stereocenters. The molecule has 2 N–H and O–H groups in total. The predicted octanol–water partition coefficient (Wildman–Crippen LogP) is 0.441. The molecule has 0 bridgehead atoms. The number of nitrogens with one attached hydrogen (secondary N) is 2. The van der Waals surface area contributed by atoms with E-state index in [1.807, 2.05) is 6.07 Å². The maximum atomic E-state index is 12.3. The maximum Gasteiger partial charge on any atom is 0.417 e. The van der Waals surface area contributed by atoms with Crippen molar-refractivity contribution in [1.82, 2.24) is 20.4 Å². The van der Waals surface area contributed by atoms with E-state index in [4.69, 9.17) is 0 Å². The number of carbonyl (C=O) groups is 4. The number of carbonyl (C=O) groups excluding carboxylic acids is 4. The van der Waals surface area contributed by atoms with Gasteiger partial charge in [-0.2, -0.15) is 0 Å². The molecule has 1 aromatic carbocycles. The van der Waals surface area contributed by atoms with Crippen molar-refractivity contribution in [3.63, 3.8) is 0 Å². The summed E-state index contributed by atoms with van der Waals surface area (Å²) in [4.78, 5) is 49.3. The molecule has 1 aromatic rings. The first kappa shape index (κ1) is 15.8. The quantitative estimate of drug-likeness (QED) is 0.832. The lowest BCUT2D eigenvalue weighted by atomic mass is 10.1. The first-order valence-corrected chi connectivity index (χ1v) is 7.44. The number of amides is 6. The number of hydrogen-bond acceptors (Lipinski definition) is 5. The van der Waals surface area contributed by atoms with Crippen molar-refractivity contribution in [2.75, 3.05) is 26.2 Å². The SMILES string of the molecule is O=C1COC(=O)N1CC(NC(=O)N1CCNC1=O)c1ccccc1. The fourth-order valence-corrected chi connectivity index (χ4v) is 2.55. The Morgan fingerprint density at radius 2 is 2.00 bits per heavy atom. The molecule has 24 heavy (non-hydrogen) atoms. The smallest absolute Gasteiger partial charge is 0.417 e. The van der Waals surface area contributed by atoms with Crippen LogP contribution in [-0.2, 0) is 9.53 Å². The van der Waals surface area contributed by atoms with E-state index in [1.54, 1.807) is 24.3 Å². The van der Waals surface area contributed by atoms with E-state index < -0.39 is 30.1 Å². The van der Waals surface area contributed by atoms with Gasteiger partial charge >= 0.3 is 18.2 Å². The molecule has 2 heterocycles. The molecule has 2 saturated heterocycles. The highest BCUT2D eigenvalue weighted by Crippen LogP contribution is 2.18. The molecule has 6 amide bonds. The first-order chi connectivity index (χ1) is 11.6. The normalized spacial score (nSPS) is 18.4. The molecule has 2 aliphatic heterocycles. The van der Waals surface area contributed by atoms with Gasteiger partial charge in [0.15, 0.2) is 6.61 Å². The van der Waals surface area contributed by atoms with Gasteiger partial charge in [0.1, 0.15) is 0 Å². The van der Waals surface area contributed by atoms with Crippen LogP contribution in [0.2, 0.25) is 0 Å². The zero-order valence-electron chi connectivity index (χ0n) is 12.7. The second kappa shape index (κ2) is 6.57. The Morgan fingerprint density at radius 3 is 2.58 bits per heavy atom. The van der Waals surface area contributed by atoms with Gasteiger partial charge in [-0.3, -0.25) is 4.79 Å². The van der Waals surface area contributed by atoms with E-state index in [2.05, 4.69) is 15.4 Å². The number of hydrogen-bond donors (Lipinski definition) is 2. The average Bonchev–Trinajstić information content (AvgIpc) is 3.15. The van der Waals surface area contributed by atoms with Crippen LogP contribution in [-0.4, -0.2) is 60.1 Å². The lowest BCUT2D eigenvalue weighted by molar-refractivity contribution is -0.126. The minimum atomic E-state index is -0.742. The fourth-order valence-electron chi connectivity index (χ4n) is 2.55. The highest BCUT2D eigenvalue weighted by atomic mass is 16.6. The molecular formula is C15H16N4O5. The van der Waals surface area contributed by atoms with Gasteiger partial charge in [-0.1, -0.05) is 30.3 Å². The standard InChI is InChI=1S/C15H16N4O5/c20-12-9-24-15(23)19(12)8-11(10-4-2-1-3-5-10)17-14(22)18-7-6-16-13(18)21/h1-5,11H,6-9H2,(H,16,21)(H,17,22). The third-order valence-electron chi connectivity index (χ3n) is 3.81. The van der Waals surface area contributed by atoms with Crippen molar-refractivity contribution in [2.45, 2.75) is 6.04 Å². The first-order valence-electron chi connectivity index (χ1n) is 7.44. The van der Waals surface area contributed by atoms with Gasteiger partial charge in [-0.25, -0.2) is 24.2 Å². The number of cyclic esters (lactones) is 1. The van der Waals surface area contributed by atoms with Crippen LogP contribution in [0.1, 0.15) is 11.6 Å². The van der Waals surface area contributed by atoms with Gasteiger partial charge in [0.25, 0.3) is 5.91 Å². The van der Waals surface area contributed by atoms with Gasteiger partial charge in [0.2, 0.25) is 0 Å². The monoisotopic (exact) mass is 332 g/mol. The molecule has 3 rings (SSSR count). The van der Waals surface area contributed by atoms with Gasteiger partial charge in [0, 0.05) is 13.1 Å². The van der Waals surface area contributed by atoms with Crippen molar-refractivity contribution in [3.8, 4) is 0 Å². The summed E-state index contributed by atoms with van der Waals surface area (Å²) in [6.07, 6.45) is -0.742. The van der Waals surface area contributed by atoms with Crippen LogP contribution in [0.15, 0.2) is 30.3 Å². The number of urea groups is 2.